The molecule has 2 fully saturated rings. The number of hydrogen-bond acceptors (Lipinski definition) is 3. The largest absolute Gasteiger partial charge is 0.342 e. The second kappa shape index (κ2) is 9.49. The van der Waals surface area contributed by atoms with Gasteiger partial charge in [0.15, 0.2) is 0 Å². The van der Waals surface area contributed by atoms with Gasteiger partial charge >= 0.3 is 6.03 Å². The van der Waals surface area contributed by atoms with Gasteiger partial charge in [-0.3, -0.25) is 4.79 Å². The van der Waals surface area contributed by atoms with Gasteiger partial charge in [-0.15, -0.1) is 11.8 Å². The van der Waals surface area contributed by atoms with E-state index in [4.69, 9.17) is 0 Å². The van der Waals surface area contributed by atoms with Gasteiger partial charge in [0, 0.05) is 35.2 Å². The van der Waals surface area contributed by atoms with E-state index in [1.54, 1.807) is 0 Å². The number of anilines is 1. The summed E-state index contributed by atoms with van der Waals surface area (Å²) in [7, 11) is 0. The number of hydrogen-bond donors (Lipinski definition) is 2. The SMILES string of the molecule is CC(C)C(=O)N1CCC(NC(=O)Nc2ccccc2SC2CCCC2)CC1. The predicted molar refractivity (Wildman–Crippen MR) is 111 cm³/mol. The molecule has 148 valence electrons. The van der Waals surface area contributed by atoms with Crippen LogP contribution in [0, 0.1) is 5.92 Å². The molecule has 0 aromatic heterocycles. The molecule has 2 aliphatic rings. The van der Waals surface area contributed by atoms with Gasteiger partial charge < -0.3 is 15.5 Å². The summed E-state index contributed by atoms with van der Waals surface area (Å²) in [6, 6.07) is 8.03. The molecule has 1 heterocycles. The molecule has 1 aliphatic carbocycles. The maximum Gasteiger partial charge on any atom is 0.319 e. The third-order valence-electron chi connectivity index (χ3n) is 5.37. The van der Waals surface area contributed by atoms with Crippen LogP contribution in [0.5, 0.6) is 0 Å². The van der Waals surface area contributed by atoms with Crippen molar-refractivity contribution in [3.63, 3.8) is 0 Å². The summed E-state index contributed by atoms with van der Waals surface area (Å²) in [4.78, 5) is 27.6. The fourth-order valence-corrected chi connectivity index (χ4v) is 5.14. The number of para-hydroxylation sites is 1. The highest BCUT2D eigenvalue weighted by atomic mass is 32.2. The van der Waals surface area contributed by atoms with E-state index in [9.17, 15) is 9.59 Å². The number of piperidine rings is 1. The first kappa shape index (κ1) is 20.1. The van der Waals surface area contributed by atoms with Gasteiger partial charge in [-0.1, -0.05) is 38.8 Å². The topological polar surface area (TPSA) is 61.4 Å². The molecule has 1 saturated carbocycles. The van der Waals surface area contributed by atoms with E-state index < -0.39 is 0 Å². The van der Waals surface area contributed by atoms with Crippen LogP contribution >= 0.6 is 11.8 Å². The maximum atomic E-state index is 12.5. The van der Waals surface area contributed by atoms with E-state index in [2.05, 4.69) is 16.7 Å². The van der Waals surface area contributed by atoms with Crippen molar-refractivity contribution in [2.75, 3.05) is 18.4 Å². The molecule has 0 spiro atoms. The van der Waals surface area contributed by atoms with Crippen LogP contribution in [0.4, 0.5) is 10.5 Å². The standard InChI is InChI=1S/C21H31N3O2S/c1-15(2)20(25)24-13-11-16(12-14-24)22-21(26)23-18-9-5-6-10-19(18)27-17-7-3-4-8-17/h5-6,9-10,15-17H,3-4,7-8,11-14H2,1-2H3,(H2,22,23,26). The van der Waals surface area contributed by atoms with Gasteiger partial charge in [0.05, 0.1) is 5.69 Å². The van der Waals surface area contributed by atoms with Crippen LogP contribution in [-0.4, -0.2) is 41.2 Å². The Morgan fingerprint density at radius 1 is 1.07 bits per heavy atom. The van der Waals surface area contributed by atoms with Crippen molar-refractivity contribution in [3.8, 4) is 0 Å². The van der Waals surface area contributed by atoms with Gasteiger partial charge in [-0.2, -0.15) is 0 Å². The summed E-state index contributed by atoms with van der Waals surface area (Å²) >= 11 is 1.89. The third-order valence-corrected chi connectivity index (χ3v) is 6.78. The molecular formula is C21H31N3O2S. The number of urea groups is 1. The molecule has 3 rings (SSSR count). The van der Waals surface area contributed by atoms with Crippen molar-refractivity contribution in [2.45, 2.75) is 68.6 Å². The monoisotopic (exact) mass is 389 g/mol. The summed E-state index contributed by atoms with van der Waals surface area (Å²) in [6.07, 6.45) is 6.77. The zero-order valence-electron chi connectivity index (χ0n) is 16.4. The van der Waals surface area contributed by atoms with E-state index in [0.29, 0.717) is 5.25 Å². The van der Waals surface area contributed by atoms with Crippen molar-refractivity contribution in [2.24, 2.45) is 5.92 Å². The van der Waals surface area contributed by atoms with E-state index in [-0.39, 0.29) is 23.9 Å². The fourth-order valence-electron chi connectivity index (χ4n) is 3.81. The lowest BCUT2D eigenvalue weighted by atomic mass is 10.0. The van der Waals surface area contributed by atoms with E-state index in [1.807, 2.05) is 48.7 Å². The molecule has 3 amide bonds. The lowest BCUT2D eigenvalue weighted by molar-refractivity contribution is -0.135. The number of rotatable bonds is 5. The molecule has 0 radical (unpaired) electrons. The summed E-state index contributed by atoms with van der Waals surface area (Å²) < 4.78 is 0. The van der Waals surface area contributed by atoms with Crippen LogP contribution in [0.15, 0.2) is 29.2 Å². The Morgan fingerprint density at radius 3 is 2.41 bits per heavy atom. The Kier molecular flexibility index (Phi) is 7.05. The average molecular weight is 390 g/mol. The first-order chi connectivity index (χ1) is 13.0. The Balaban J connectivity index is 1.49. The molecule has 27 heavy (non-hydrogen) atoms. The number of thioether (sulfide) groups is 1. The number of carbonyl (C=O) groups is 2. The minimum Gasteiger partial charge on any atom is -0.342 e. The van der Waals surface area contributed by atoms with Crippen LogP contribution < -0.4 is 10.6 Å². The normalized spacial score (nSPS) is 18.7. The average Bonchev–Trinajstić information content (AvgIpc) is 3.16. The highest BCUT2D eigenvalue weighted by Gasteiger charge is 2.25. The van der Waals surface area contributed by atoms with Crippen molar-refractivity contribution >= 4 is 29.4 Å². The molecule has 2 N–H and O–H groups in total. The number of nitrogens with zero attached hydrogens (tertiary/aromatic N) is 1. The minimum absolute atomic E-state index is 0.0340. The van der Waals surface area contributed by atoms with Gasteiger partial charge in [0.2, 0.25) is 5.91 Å². The minimum atomic E-state index is -0.150. The highest BCUT2D eigenvalue weighted by Crippen LogP contribution is 2.37. The summed E-state index contributed by atoms with van der Waals surface area (Å²) in [5.41, 5.74) is 0.888. The number of benzene rings is 1. The Bertz CT molecular complexity index is 651. The second-order valence-corrected chi connectivity index (χ2v) is 9.22. The second-order valence-electron chi connectivity index (χ2n) is 7.87. The molecule has 0 unspecified atom stereocenters. The van der Waals surface area contributed by atoms with Gasteiger partial charge in [-0.05, 0) is 37.8 Å². The zero-order chi connectivity index (χ0) is 19.2. The Labute approximate surface area is 166 Å². The number of likely N-dealkylation sites (tertiary alicyclic amines) is 1. The van der Waals surface area contributed by atoms with Gasteiger partial charge in [-0.25, -0.2) is 4.79 Å². The third kappa shape index (κ3) is 5.64. The smallest absolute Gasteiger partial charge is 0.319 e. The first-order valence-corrected chi connectivity index (χ1v) is 11.0. The molecule has 1 aromatic rings. The van der Waals surface area contributed by atoms with E-state index in [0.717, 1.165) is 36.5 Å². The van der Waals surface area contributed by atoms with E-state index >= 15 is 0 Å². The Hall–Kier alpha value is -1.69. The molecule has 5 nitrogen and oxygen atoms in total. The van der Waals surface area contributed by atoms with Crippen LogP contribution in [0.25, 0.3) is 0 Å². The lowest BCUT2D eigenvalue weighted by Crippen LogP contribution is -2.48. The highest BCUT2D eigenvalue weighted by molar-refractivity contribution is 8.00. The van der Waals surface area contributed by atoms with Crippen molar-refractivity contribution in [1.29, 1.82) is 0 Å². The lowest BCUT2D eigenvalue weighted by Gasteiger charge is -2.33. The molecule has 0 bridgehead atoms. The predicted octanol–water partition coefficient (Wildman–Crippen LogP) is 4.49. The zero-order valence-corrected chi connectivity index (χ0v) is 17.2. The van der Waals surface area contributed by atoms with Gasteiger partial charge in [0.25, 0.3) is 0 Å². The first-order valence-electron chi connectivity index (χ1n) is 10.1. The molecule has 1 saturated heterocycles. The fraction of sp³-hybridized carbons (Fsp3) is 0.619. The van der Waals surface area contributed by atoms with Gasteiger partial charge in [0.1, 0.15) is 0 Å². The van der Waals surface area contributed by atoms with Crippen LogP contribution in [0.3, 0.4) is 0 Å². The summed E-state index contributed by atoms with van der Waals surface area (Å²) in [6.45, 7) is 5.30. The summed E-state index contributed by atoms with van der Waals surface area (Å²) in [5.74, 6) is 0.238. The quantitative estimate of drug-likeness (QED) is 0.780. The van der Waals surface area contributed by atoms with E-state index in [1.165, 1.54) is 25.7 Å². The number of carbonyl (C=O) groups excluding carboxylic acids is 2. The molecular weight excluding hydrogens is 358 g/mol. The van der Waals surface area contributed by atoms with Crippen LogP contribution in [0.1, 0.15) is 52.4 Å². The van der Waals surface area contributed by atoms with Crippen molar-refractivity contribution in [1.82, 2.24) is 10.2 Å². The Morgan fingerprint density at radius 2 is 1.74 bits per heavy atom. The van der Waals surface area contributed by atoms with Crippen molar-refractivity contribution in [3.05, 3.63) is 24.3 Å². The molecule has 1 aromatic carbocycles. The number of amides is 3. The van der Waals surface area contributed by atoms with Crippen LogP contribution in [0.2, 0.25) is 0 Å². The van der Waals surface area contributed by atoms with Crippen molar-refractivity contribution < 1.29 is 9.59 Å². The molecule has 1 aliphatic heterocycles. The molecule has 0 atom stereocenters. The van der Waals surface area contributed by atoms with Crippen LogP contribution in [-0.2, 0) is 4.79 Å². The molecule has 6 heteroatoms. The summed E-state index contributed by atoms with van der Waals surface area (Å²) in [5, 5.41) is 6.78. The maximum absolute atomic E-state index is 12.5. The number of nitrogens with one attached hydrogen (secondary N) is 2.